The summed E-state index contributed by atoms with van der Waals surface area (Å²) in [6.07, 6.45) is 1.50. The monoisotopic (exact) mass is 182 g/mol. The van der Waals surface area contributed by atoms with E-state index in [2.05, 4.69) is 5.10 Å². The Morgan fingerprint density at radius 2 is 2.08 bits per heavy atom. The zero-order valence-electron chi connectivity index (χ0n) is 8.16. The lowest BCUT2D eigenvalue weighted by molar-refractivity contribution is 0.0684. The Morgan fingerprint density at radius 1 is 1.46 bits per heavy atom. The Morgan fingerprint density at radius 3 is 2.46 bits per heavy atom. The minimum absolute atomic E-state index is 0.319. The molecule has 4 heteroatoms. The number of carboxylic acids is 1. The number of nitrogens with zero attached hydrogens (tertiary/aromatic N) is 2. The Kier molecular flexibility index (Phi) is 2.70. The first-order valence-electron chi connectivity index (χ1n) is 4.39. The lowest BCUT2D eigenvalue weighted by atomic mass is 10.1. The van der Waals surface area contributed by atoms with Crippen molar-refractivity contribution in [2.24, 2.45) is 7.05 Å². The number of rotatable bonds is 3. The molecule has 0 amide bonds. The zero-order valence-corrected chi connectivity index (χ0v) is 8.16. The molecule has 1 rings (SSSR count). The summed E-state index contributed by atoms with van der Waals surface area (Å²) in [4.78, 5) is 10.9. The summed E-state index contributed by atoms with van der Waals surface area (Å²) in [6, 6.07) is 0. The van der Waals surface area contributed by atoms with Crippen LogP contribution in [0.15, 0.2) is 0 Å². The summed E-state index contributed by atoms with van der Waals surface area (Å²) in [7, 11) is 1.67. The quantitative estimate of drug-likeness (QED) is 0.765. The summed E-state index contributed by atoms with van der Waals surface area (Å²) >= 11 is 0. The molecule has 1 aromatic rings. The molecule has 4 nitrogen and oxygen atoms in total. The minimum Gasteiger partial charge on any atom is -0.477 e. The molecule has 13 heavy (non-hydrogen) atoms. The van der Waals surface area contributed by atoms with Crippen molar-refractivity contribution in [1.29, 1.82) is 0 Å². The Labute approximate surface area is 77.2 Å². The molecule has 0 aliphatic rings. The van der Waals surface area contributed by atoms with Gasteiger partial charge in [-0.3, -0.25) is 4.68 Å². The summed E-state index contributed by atoms with van der Waals surface area (Å²) < 4.78 is 1.44. The van der Waals surface area contributed by atoms with Gasteiger partial charge in [0.05, 0.1) is 5.69 Å². The second-order valence-corrected chi connectivity index (χ2v) is 2.91. The molecule has 0 aliphatic heterocycles. The summed E-state index contributed by atoms with van der Waals surface area (Å²) in [5.41, 5.74) is 2.07. The van der Waals surface area contributed by atoms with Crippen molar-refractivity contribution >= 4 is 5.97 Å². The van der Waals surface area contributed by atoms with Crippen LogP contribution in [0.2, 0.25) is 0 Å². The smallest absolute Gasteiger partial charge is 0.354 e. The number of carbonyl (C=O) groups is 1. The van der Waals surface area contributed by atoms with E-state index in [-0.39, 0.29) is 0 Å². The minimum atomic E-state index is -0.897. The van der Waals surface area contributed by atoms with Gasteiger partial charge in [-0.1, -0.05) is 13.8 Å². The lowest BCUT2D eigenvalue weighted by Gasteiger charge is -1.97. The molecule has 0 fully saturated rings. The number of hydrogen-bond donors (Lipinski definition) is 1. The zero-order chi connectivity index (χ0) is 10.0. The topological polar surface area (TPSA) is 55.1 Å². The fourth-order valence-electron chi connectivity index (χ4n) is 1.55. The summed E-state index contributed by atoms with van der Waals surface area (Å²) in [6.45, 7) is 3.93. The SMILES string of the molecule is CCc1nn(C)c(C(=O)O)c1CC. The van der Waals surface area contributed by atoms with Crippen molar-refractivity contribution in [2.75, 3.05) is 0 Å². The van der Waals surface area contributed by atoms with Gasteiger partial charge in [0.2, 0.25) is 0 Å². The maximum atomic E-state index is 10.9. The number of aromatic nitrogens is 2. The van der Waals surface area contributed by atoms with Crippen LogP contribution in [-0.4, -0.2) is 20.9 Å². The second-order valence-electron chi connectivity index (χ2n) is 2.91. The molecular weight excluding hydrogens is 168 g/mol. The maximum absolute atomic E-state index is 10.9. The molecule has 72 valence electrons. The normalized spacial score (nSPS) is 10.4. The fraction of sp³-hybridized carbons (Fsp3) is 0.556. The third kappa shape index (κ3) is 1.56. The van der Waals surface area contributed by atoms with Crippen LogP contribution in [0.25, 0.3) is 0 Å². The highest BCUT2D eigenvalue weighted by Crippen LogP contribution is 2.14. The van der Waals surface area contributed by atoms with E-state index >= 15 is 0 Å². The lowest BCUT2D eigenvalue weighted by Crippen LogP contribution is -2.07. The fourth-order valence-corrected chi connectivity index (χ4v) is 1.55. The predicted octanol–water partition coefficient (Wildman–Crippen LogP) is 1.24. The van der Waals surface area contributed by atoms with Crippen LogP contribution in [-0.2, 0) is 19.9 Å². The van der Waals surface area contributed by atoms with Gasteiger partial charge in [-0.05, 0) is 12.8 Å². The van der Waals surface area contributed by atoms with Crippen molar-refractivity contribution in [3.8, 4) is 0 Å². The summed E-state index contributed by atoms with van der Waals surface area (Å²) in [5, 5.41) is 13.1. The number of carboxylic acid groups (broad SMARTS) is 1. The van der Waals surface area contributed by atoms with Crippen LogP contribution in [0.5, 0.6) is 0 Å². The van der Waals surface area contributed by atoms with Gasteiger partial charge in [0.1, 0.15) is 5.69 Å². The largest absolute Gasteiger partial charge is 0.477 e. The van der Waals surface area contributed by atoms with E-state index in [0.717, 1.165) is 24.1 Å². The molecule has 1 heterocycles. The van der Waals surface area contributed by atoms with E-state index in [4.69, 9.17) is 5.11 Å². The molecule has 0 bridgehead atoms. The molecule has 0 spiro atoms. The molecule has 0 unspecified atom stereocenters. The van der Waals surface area contributed by atoms with E-state index in [1.54, 1.807) is 7.05 Å². The predicted molar refractivity (Wildman–Crippen MR) is 48.9 cm³/mol. The van der Waals surface area contributed by atoms with Crippen molar-refractivity contribution in [1.82, 2.24) is 9.78 Å². The molecular formula is C9H14N2O2. The highest BCUT2D eigenvalue weighted by Gasteiger charge is 2.18. The third-order valence-corrected chi connectivity index (χ3v) is 2.12. The number of aromatic carboxylic acids is 1. The van der Waals surface area contributed by atoms with Crippen LogP contribution in [0.4, 0.5) is 0 Å². The Balaban J connectivity index is 3.31. The molecule has 0 atom stereocenters. The van der Waals surface area contributed by atoms with E-state index < -0.39 is 5.97 Å². The molecule has 0 saturated heterocycles. The average molecular weight is 182 g/mol. The Bertz CT molecular complexity index is 329. The first-order valence-corrected chi connectivity index (χ1v) is 4.39. The van der Waals surface area contributed by atoms with Crippen molar-refractivity contribution in [3.05, 3.63) is 17.0 Å². The van der Waals surface area contributed by atoms with Crippen LogP contribution >= 0.6 is 0 Å². The maximum Gasteiger partial charge on any atom is 0.354 e. The summed E-state index contributed by atoms with van der Waals surface area (Å²) in [5.74, 6) is -0.897. The van der Waals surface area contributed by atoms with Crippen molar-refractivity contribution in [3.63, 3.8) is 0 Å². The van der Waals surface area contributed by atoms with Gasteiger partial charge in [-0.25, -0.2) is 4.79 Å². The Hall–Kier alpha value is -1.32. The second kappa shape index (κ2) is 3.60. The molecule has 0 radical (unpaired) electrons. The van der Waals surface area contributed by atoms with Gasteiger partial charge in [0.15, 0.2) is 0 Å². The number of aryl methyl sites for hydroxylation is 2. The van der Waals surface area contributed by atoms with Gasteiger partial charge in [-0.2, -0.15) is 5.10 Å². The van der Waals surface area contributed by atoms with Crippen molar-refractivity contribution in [2.45, 2.75) is 26.7 Å². The first kappa shape index (κ1) is 9.77. The average Bonchev–Trinajstić information content (AvgIpc) is 2.41. The van der Waals surface area contributed by atoms with Crippen molar-refractivity contribution < 1.29 is 9.90 Å². The van der Waals surface area contributed by atoms with Crippen LogP contribution in [0.3, 0.4) is 0 Å². The highest BCUT2D eigenvalue weighted by atomic mass is 16.4. The number of hydrogen-bond acceptors (Lipinski definition) is 2. The highest BCUT2D eigenvalue weighted by molar-refractivity contribution is 5.87. The van der Waals surface area contributed by atoms with Gasteiger partial charge < -0.3 is 5.11 Å². The molecule has 1 N–H and O–H groups in total. The van der Waals surface area contributed by atoms with E-state index in [1.807, 2.05) is 13.8 Å². The molecule has 0 aliphatic carbocycles. The first-order chi connectivity index (χ1) is 6.11. The van der Waals surface area contributed by atoms with E-state index in [0.29, 0.717) is 5.69 Å². The third-order valence-electron chi connectivity index (χ3n) is 2.12. The van der Waals surface area contributed by atoms with Gasteiger partial charge in [-0.15, -0.1) is 0 Å². The van der Waals surface area contributed by atoms with Crippen LogP contribution < -0.4 is 0 Å². The standard InChI is InChI=1S/C9H14N2O2/c1-4-6-7(5-2)10-11(3)8(6)9(12)13/h4-5H2,1-3H3,(H,12,13). The molecule has 1 aromatic heterocycles. The van der Waals surface area contributed by atoms with Crippen LogP contribution in [0, 0.1) is 0 Å². The van der Waals surface area contributed by atoms with Gasteiger partial charge in [0.25, 0.3) is 0 Å². The van der Waals surface area contributed by atoms with Gasteiger partial charge in [0, 0.05) is 12.6 Å². The van der Waals surface area contributed by atoms with Crippen LogP contribution in [0.1, 0.15) is 35.6 Å². The van der Waals surface area contributed by atoms with E-state index in [1.165, 1.54) is 4.68 Å². The molecule has 0 aromatic carbocycles. The van der Waals surface area contributed by atoms with Gasteiger partial charge >= 0.3 is 5.97 Å². The van der Waals surface area contributed by atoms with E-state index in [9.17, 15) is 4.79 Å². The molecule has 0 saturated carbocycles.